The van der Waals surface area contributed by atoms with Crippen LogP contribution in [-0.4, -0.2) is 30.7 Å². The average molecular weight is 243 g/mol. The largest absolute Gasteiger partial charge is 0.480 e. The molecule has 0 saturated carbocycles. The standard InChI is InChI=1S/C11H15ClN2O2/c1-8-9(12)3-2-4-10(8)14(6-5-13)7-11(15)16/h2-4H,5-7,13H2,1H3,(H,15,16). The lowest BCUT2D eigenvalue weighted by Gasteiger charge is -2.24. The highest BCUT2D eigenvalue weighted by Crippen LogP contribution is 2.26. The Balaban J connectivity index is 3.00. The average Bonchev–Trinajstić information content (AvgIpc) is 2.21. The van der Waals surface area contributed by atoms with Crippen LogP contribution in [0.2, 0.25) is 5.02 Å². The van der Waals surface area contributed by atoms with Crippen LogP contribution in [0.15, 0.2) is 18.2 Å². The second-order valence-electron chi connectivity index (χ2n) is 3.49. The van der Waals surface area contributed by atoms with Gasteiger partial charge < -0.3 is 15.7 Å². The number of rotatable bonds is 5. The van der Waals surface area contributed by atoms with Gasteiger partial charge in [-0.2, -0.15) is 0 Å². The predicted molar refractivity (Wildman–Crippen MR) is 65.1 cm³/mol. The molecular weight excluding hydrogens is 228 g/mol. The molecule has 0 aliphatic rings. The van der Waals surface area contributed by atoms with Gasteiger partial charge in [0.25, 0.3) is 0 Å². The summed E-state index contributed by atoms with van der Waals surface area (Å²) in [6.45, 7) is 2.69. The maximum absolute atomic E-state index is 10.7. The lowest BCUT2D eigenvalue weighted by molar-refractivity contribution is -0.135. The van der Waals surface area contributed by atoms with Gasteiger partial charge in [-0.3, -0.25) is 4.79 Å². The molecule has 5 heteroatoms. The van der Waals surface area contributed by atoms with E-state index in [0.717, 1.165) is 11.3 Å². The second kappa shape index (κ2) is 5.72. The van der Waals surface area contributed by atoms with Gasteiger partial charge in [0.05, 0.1) is 0 Å². The first-order valence-electron chi connectivity index (χ1n) is 4.98. The van der Waals surface area contributed by atoms with Crippen molar-refractivity contribution in [2.75, 3.05) is 24.5 Å². The Morgan fingerprint density at radius 3 is 2.81 bits per heavy atom. The SMILES string of the molecule is Cc1c(Cl)cccc1N(CCN)CC(=O)O. The number of nitrogens with two attached hydrogens (primary N) is 1. The van der Waals surface area contributed by atoms with E-state index in [2.05, 4.69) is 0 Å². The highest BCUT2D eigenvalue weighted by molar-refractivity contribution is 6.31. The van der Waals surface area contributed by atoms with Crippen molar-refractivity contribution in [3.05, 3.63) is 28.8 Å². The van der Waals surface area contributed by atoms with Crippen molar-refractivity contribution in [2.45, 2.75) is 6.92 Å². The molecule has 3 N–H and O–H groups in total. The van der Waals surface area contributed by atoms with Gasteiger partial charge in [-0.15, -0.1) is 0 Å². The molecule has 0 saturated heterocycles. The van der Waals surface area contributed by atoms with Crippen molar-refractivity contribution in [1.82, 2.24) is 0 Å². The van der Waals surface area contributed by atoms with Crippen LogP contribution in [0.3, 0.4) is 0 Å². The molecule has 0 unspecified atom stereocenters. The molecule has 0 bridgehead atoms. The number of hydrogen-bond donors (Lipinski definition) is 2. The first-order chi connectivity index (χ1) is 7.56. The van der Waals surface area contributed by atoms with E-state index >= 15 is 0 Å². The first-order valence-corrected chi connectivity index (χ1v) is 5.36. The van der Waals surface area contributed by atoms with Crippen LogP contribution in [0.5, 0.6) is 0 Å². The molecule has 1 aromatic carbocycles. The van der Waals surface area contributed by atoms with Crippen LogP contribution in [0.4, 0.5) is 5.69 Å². The van der Waals surface area contributed by atoms with Crippen LogP contribution >= 0.6 is 11.6 Å². The molecule has 0 amide bonds. The van der Waals surface area contributed by atoms with E-state index in [1.54, 1.807) is 17.0 Å². The summed E-state index contributed by atoms with van der Waals surface area (Å²) in [5, 5.41) is 9.45. The molecule has 1 rings (SSSR count). The molecule has 0 spiro atoms. The molecule has 88 valence electrons. The maximum Gasteiger partial charge on any atom is 0.323 e. The topological polar surface area (TPSA) is 66.6 Å². The monoisotopic (exact) mass is 242 g/mol. The smallest absolute Gasteiger partial charge is 0.323 e. The van der Waals surface area contributed by atoms with Crippen molar-refractivity contribution in [2.24, 2.45) is 5.73 Å². The molecule has 0 aliphatic heterocycles. The van der Waals surface area contributed by atoms with E-state index in [-0.39, 0.29) is 6.54 Å². The molecule has 0 aromatic heterocycles. The number of hydrogen-bond acceptors (Lipinski definition) is 3. The lowest BCUT2D eigenvalue weighted by Crippen LogP contribution is -2.34. The van der Waals surface area contributed by atoms with Crippen LogP contribution < -0.4 is 10.6 Å². The zero-order valence-corrected chi connectivity index (χ0v) is 9.87. The normalized spacial score (nSPS) is 10.2. The van der Waals surface area contributed by atoms with Crippen molar-refractivity contribution < 1.29 is 9.90 Å². The van der Waals surface area contributed by atoms with Crippen molar-refractivity contribution >= 4 is 23.3 Å². The molecule has 0 aliphatic carbocycles. The van der Waals surface area contributed by atoms with Gasteiger partial charge in [0.2, 0.25) is 0 Å². The molecule has 1 aromatic rings. The minimum absolute atomic E-state index is 0.0710. The number of halogens is 1. The maximum atomic E-state index is 10.7. The number of aliphatic carboxylic acids is 1. The van der Waals surface area contributed by atoms with Gasteiger partial charge in [-0.05, 0) is 24.6 Å². The van der Waals surface area contributed by atoms with E-state index in [1.165, 1.54) is 0 Å². The number of nitrogens with zero attached hydrogens (tertiary/aromatic N) is 1. The number of carbonyl (C=O) groups is 1. The van der Waals surface area contributed by atoms with Crippen molar-refractivity contribution in [3.63, 3.8) is 0 Å². The zero-order valence-electron chi connectivity index (χ0n) is 9.11. The van der Waals surface area contributed by atoms with Gasteiger partial charge in [-0.1, -0.05) is 17.7 Å². The Morgan fingerprint density at radius 1 is 1.56 bits per heavy atom. The minimum atomic E-state index is -0.882. The molecule has 0 heterocycles. The van der Waals surface area contributed by atoms with Gasteiger partial charge in [0.1, 0.15) is 6.54 Å². The number of carboxylic acid groups (broad SMARTS) is 1. The summed E-state index contributed by atoms with van der Waals surface area (Å²) < 4.78 is 0. The molecule has 0 fully saturated rings. The Hall–Kier alpha value is -1.26. The van der Waals surface area contributed by atoms with E-state index < -0.39 is 5.97 Å². The van der Waals surface area contributed by atoms with Crippen LogP contribution in [0, 0.1) is 6.92 Å². The zero-order chi connectivity index (χ0) is 12.1. The fraction of sp³-hybridized carbons (Fsp3) is 0.364. The quantitative estimate of drug-likeness (QED) is 0.821. The summed E-state index contributed by atoms with van der Waals surface area (Å²) in [6.07, 6.45) is 0. The van der Waals surface area contributed by atoms with E-state index in [0.29, 0.717) is 18.1 Å². The summed E-state index contributed by atoms with van der Waals surface area (Å²) >= 11 is 5.99. The van der Waals surface area contributed by atoms with E-state index in [1.807, 2.05) is 13.0 Å². The molecule has 4 nitrogen and oxygen atoms in total. The summed E-state index contributed by atoms with van der Waals surface area (Å²) in [5.41, 5.74) is 7.16. The van der Waals surface area contributed by atoms with Gasteiger partial charge in [-0.25, -0.2) is 0 Å². The van der Waals surface area contributed by atoms with Gasteiger partial charge >= 0.3 is 5.97 Å². The Bertz CT molecular complexity index is 382. The lowest BCUT2D eigenvalue weighted by atomic mass is 10.1. The van der Waals surface area contributed by atoms with E-state index in [4.69, 9.17) is 22.4 Å². The van der Waals surface area contributed by atoms with Crippen LogP contribution in [0.25, 0.3) is 0 Å². The predicted octanol–water partition coefficient (Wildman–Crippen LogP) is 1.50. The third-order valence-corrected chi connectivity index (χ3v) is 2.71. The van der Waals surface area contributed by atoms with Gasteiger partial charge in [0.15, 0.2) is 0 Å². The third kappa shape index (κ3) is 3.12. The van der Waals surface area contributed by atoms with Crippen molar-refractivity contribution in [1.29, 1.82) is 0 Å². The number of benzene rings is 1. The molecular formula is C11H15ClN2O2. The second-order valence-corrected chi connectivity index (χ2v) is 3.90. The van der Waals surface area contributed by atoms with E-state index in [9.17, 15) is 4.79 Å². The highest BCUT2D eigenvalue weighted by Gasteiger charge is 2.13. The summed E-state index contributed by atoms with van der Waals surface area (Å²) in [4.78, 5) is 12.5. The fourth-order valence-electron chi connectivity index (χ4n) is 1.54. The fourth-order valence-corrected chi connectivity index (χ4v) is 1.71. The minimum Gasteiger partial charge on any atom is -0.480 e. The molecule has 0 atom stereocenters. The Kier molecular flexibility index (Phi) is 4.58. The van der Waals surface area contributed by atoms with Crippen LogP contribution in [-0.2, 0) is 4.79 Å². The summed E-state index contributed by atoms with van der Waals surface area (Å²) in [5.74, 6) is -0.882. The third-order valence-electron chi connectivity index (χ3n) is 2.30. The number of anilines is 1. The number of carboxylic acids is 1. The van der Waals surface area contributed by atoms with Crippen LogP contribution in [0.1, 0.15) is 5.56 Å². The van der Waals surface area contributed by atoms with Crippen molar-refractivity contribution in [3.8, 4) is 0 Å². The Labute approximate surface area is 99.6 Å². The first kappa shape index (κ1) is 12.8. The highest BCUT2D eigenvalue weighted by atomic mass is 35.5. The summed E-state index contributed by atoms with van der Waals surface area (Å²) in [6, 6.07) is 5.43. The summed E-state index contributed by atoms with van der Waals surface area (Å²) in [7, 11) is 0. The Morgan fingerprint density at radius 2 is 2.25 bits per heavy atom. The molecule has 0 radical (unpaired) electrons. The van der Waals surface area contributed by atoms with Gasteiger partial charge in [0, 0.05) is 23.8 Å². The molecule has 16 heavy (non-hydrogen) atoms.